The minimum absolute atomic E-state index is 0.0705. The summed E-state index contributed by atoms with van der Waals surface area (Å²) in [6, 6.07) is 29.9. The van der Waals surface area contributed by atoms with Gasteiger partial charge in [0, 0.05) is 11.3 Å². The quantitative estimate of drug-likeness (QED) is 0.463. The third-order valence-electron chi connectivity index (χ3n) is 7.55. The molecule has 31 heavy (non-hydrogen) atoms. The molecule has 2 aliphatic rings. The second kappa shape index (κ2) is 7.69. The van der Waals surface area contributed by atoms with Gasteiger partial charge in [-0.3, -0.25) is 0 Å². The number of fused-ring (bicyclic) bond motifs is 1. The molecule has 2 nitrogen and oxygen atoms in total. The van der Waals surface area contributed by atoms with Gasteiger partial charge in [0.05, 0.1) is 0 Å². The summed E-state index contributed by atoms with van der Waals surface area (Å²) < 4.78 is 7.13. The Hall–Kier alpha value is -2.84. The molecule has 0 unspecified atom stereocenters. The van der Waals surface area contributed by atoms with Crippen molar-refractivity contribution in [2.24, 2.45) is 11.3 Å². The summed E-state index contributed by atoms with van der Waals surface area (Å²) in [5.41, 5.74) is 5.71. The Morgan fingerprint density at radius 3 is 2.00 bits per heavy atom. The zero-order valence-corrected chi connectivity index (χ0v) is 18.6. The first-order valence-electron chi connectivity index (χ1n) is 11.3. The number of para-hydroxylation sites is 1. The number of allylic oxidation sites excluding steroid dienone is 2. The average Bonchev–Trinajstić information content (AvgIpc) is 3.06. The Balaban J connectivity index is 1.63. The molecule has 0 bridgehead atoms. The molecular weight excluding hydrogens is 378 g/mol. The summed E-state index contributed by atoms with van der Waals surface area (Å²) in [7, 11) is 0. The summed E-state index contributed by atoms with van der Waals surface area (Å²) in [5, 5.41) is 3.73. The van der Waals surface area contributed by atoms with Gasteiger partial charge in [-0.15, -0.1) is 0 Å². The highest BCUT2D eigenvalue weighted by molar-refractivity contribution is 5.63. The molecule has 0 aromatic heterocycles. The fourth-order valence-corrected chi connectivity index (χ4v) is 5.31. The molecule has 5 rings (SSSR count). The Morgan fingerprint density at radius 2 is 1.42 bits per heavy atom. The van der Waals surface area contributed by atoms with Crippen LogP contribution in [0.4, 0.5) is 5.69 Å². The molecule has 0 radical (unpaired) electrons. The predicted molar refractivity (Wildman–Crippen MR) is 128 cm³/mol. The summed E-state index contributed by atoms with van der Waals surface area (Å²) in [6.07, 6.45) is 4.42. The van der Waals surface area contributed by atoms with E-state index >= 15 is 0 Å². The molecule has 0 saturated heterocycles. The third kappa shape index (κ3) is 3.30. The van der Waals surface area contributed by atoms with Gasteiger partial charge < -0.3 is 10.1 Å². The molecular formula is C29H31NO. The number of hydrogen-bond donors (Lipinski definition) is 1. The largest absolute Gasteiger partial charge is 0.360 e. The van der Waals surface area contributed by atoms with E-state index in [1.165, 1.54) is 22.3 Å². The van der Waals surface area contributed by atoms with Crippen molar-refractivity contribution in [3.05, 3.63) is 113 Å². The topological polar surface area (TPSA) is 21.3 Å². The first kappa shape index (κ1) is 20.1. The van der Waals surface area contributed by atoms with Gasteiger partial charge in [-0.25, -0.2) is 0 Å². The molecule has 3 aromatic carbocycles. The van der Waals surface area contributed by atoms with Crippen molar-refractivity contribution >= 4 is 5.69 Å². The lowest BCUT2D eigenvalue weighted by molar-refractivity contribution is -0.0553. The van der Waals surface area contributed by atoms with Gasteiger partial charge in [-0.05, 0) is 48.3 Å². The van der Waals surface area contributed by atoms with Gasteiger partial charge in [0.1, 0.15) is 11.8 Å². The van der Waals surface area contributed by atoms with Gasteiger partial charge >= 0.3 is 0 Å². The van der Waals surface area contributed by atoms with Crippen LogP contribution in [0.5, 0.6) is 0 Å². The van der Waals surface area contributed by atoms with Gasteiger partial charge in [0.15, 0.2) is 0 Å². The number of nitrogens with one attached hydrogen (secondary N) is 1. The highest BCUT2D eigenvalue weighted by atomic mass is 16.5. The van der Waals surface area contributed by atoms with Crippen LogP contribution in [0.2, 0.25) is 0 Å². The van der Waals surface area contributed by atoms with Crippen molar-refractivity contribution in [3.63, 3.8) is 0 Å². The minimum atomic E-state index is -0.639. The second-order valence-corrected chi connectivity index (χ2v) is 9.49. The Bertz CT molecular complexity index is 1040. The fourth-order valence-electron chi connectivity index (χ4n) is 5.31. The lowest BCUT2D eigenvalue weighted by Gasteiger charge is -2.45. The lowest BCUT2D eigenvalue weighted by atomic mass is 9.75. The summed E-state index contributed by atoms with van der Waals surface area (Å²) >= 11 is 0. The Kier molecular flexibility index (Phi) is 4.98. The normalized spacial score (nSPS) is 23.5. The molecule has 0 spiro atoms. The summed E-state index contributed by atoms with van der Waals surface area (Å²) in [5.74, 6) is 0.555. The van der Waals surface area contributed by atoms with Crippen LogP contribution in [0.15, 0.2) is 96.6 Å². The maximum absolute atomic E-state index is 7.13. The van der Waals surface area contributed by atoms with Crippen LogP contribution < -0.4 is 5.32 Å². The predicted octanol–water partition coefficient (Wildman–Crippen LogP) is 7.13. The van der Waals surface area contributed by atoms with Crippen LogP contribution in [0.3, 0.4) is 0 Å². The molecule has 1 N–H and O–H groups in total. The second-order valence-electron chi connectivity index (χ2n) is 9.49. The van der Waals surface area contributed by atoms with E-state index in [1.54, 1.807) is 0 Å². The van der Waals surface area contributed by atoms with Crippen LogP contribution in [0, 0.1) is 11.3 Å². The zero-order chi connectivity index (χ0) is 21.5. The van der Waals surface area contributed by atoms with E-state index < -0.39 is 5.60 Å². The summed E-state index contributed by atoms with van der Waals surface area (Å²) in [4.78, 5) is 0. The Labute approximate surface area is 186 Å². The number of anilines is 1. The number of hydrogen-bond acceptors (Lipinski definition) is 2. The number of rotatable bonds is 4. The average molecular weight is 410 g/mol. The Morgan fingerprint density at radius 1 is 0.839 bits per heavy atom. The number of ether oxygens (including phenoxy) is 1. The van der Waals surface area contributed by atoms with Crippen molar-refractivity contribution in [2.75, 3.05) is 5.32 Å². The van der Waals surface area contributed by atoms with E-state index in [4.69, 9.17) is 4.74 Å². The van der Waals surface area contributed by atoms with Crippen molar-refractivity contribution in [1.82, 2.24) is 0 Å². The minimum Gasteiger partial charge on any atom is -0.360 e. The monoisotopic (exact) mass is 409 g/mol. The van der Waals surface area contributed by atoms with E-state index in [0.29, 0.717) is 5.92 Å². The first-order chi connectivity index (χ1) is 15.0. The fraction of sp³-hybridized carbons (Fsp3) is 0.310. The smallest absolute Gasteiger partial charge is 0.148 e. The molecule has 3 aromatic rings. The van der Waals surface area contributed by atoms with Crippen molar-refractivity contribution in [1.29, 1.82) is 0 Å². The standard InChI is InChI=1S/C29H31NO/c1-21-18-19-24(28(21,2)3)20-27-30-26-17-11-10-16-25(26)29(31-27,22-12-6-4-7-13-22)23-14-8-5-9-15-23/h4-18,24,27,30H,19-20H2,1-3H3/t24-,27+/m1/s1. The van der Waals surface area contributed by atoms with Crippen LogP contribution in [0.1, 0.15) is 50.3 Å². The van der Waals surface area contributed by atoms with E-state index in [9.17, 15) is 0 Å². The van der Waals surface area contributed by atoms with Gasteiger partial charge in [0.25, 0.3) is 0 Å². The molecule has 158 valence electrons. The highest BCUT2D eigenvalue weighted by Crippen LogP contribution is 2.50. The maximum Gasteiger partial charge on any atom is 0.148 e. The summed E-state index contributed by atoms with van der Waals surface area (Å²) in [6.45, 7) is 7.01. The zero-order valence-electron chi connectivity index (χ0n) is 18.6. The van der Waals surface area contributed by atoms with Gasteiger partial charge in [0.2, 0.25) is 0 Å². The van der Waals surface area contributed by atoms with Gasteiger partial charge in [-0.2, -0.15) is 0 Å². The van der Waals surface area contributed by atoms with Crippen molar-refractivity contribution in [3.8, 4) is 0 Å². The third-order valence-corrected chi connectivity index (χ3v) is 7.55. The van der Waals surface area contributed by atoms with E-state index in [-0.39, 0.29) is 11.6 Å². The van der Waals surface area contributed by atoms with Gasteiger partial charge in [-0.1, -0.05) is 104 Å². The maximum atomic E-state index is 7.13. The van der Waals surface area contributed by atoms with Crippen molar-refractivity contribution < 1.29 is 4.74 Å². The van der Waals surface area contributed by atoms with Crippen LogP contribution >= 0.6 is 0 Å². The van der Waals surface area contributed by atoms with E-state index in [0.717, 1.165) is 18.5 Å². The molecule has 0 fully saturated rings. The van der Waals surface area contributed by atoms with Crippen LogP contribution in [0.25, 0.3) is 0 Å². The van der Waals surface area contributed by atoms with Crippen LogP contribution in [-0.2, 0) is 10.3 Å². The molecule has 2 heteroatoms. The molecule has 1 heterocycles. The molecule has 0 amide bonds. The molecule has 1 aliphatic carbocycles. The lowest BCUT2D eigenvalue weighted by Crippen LogP contribution is -2.45. The highest BCUT2D eigenvalue weighted by Gasteiger charge is 2.46. The molecule has 1 aliphatic heterocycles. The van der Waals surface area contributed by atoms with Crippen LogP contribution in [-0.4, -0.2) is 6.23 Å². The molecule has 0 saturated carbocycles. The van der Waals surface area contributed by atoms with E-state index in [2.05, 4.69) is 117 Å². The molecule has 2 atom stereocenters. The van der Waals surface area contributed by atoms with E-state index in [1.807, 2.05) is 0 Å². The SMILES string of the molecule is CC1=CC[C@H](C[C@H]2Nc3ccccc3C(c3ccccc3)(c3ccccc3)O2)C1(C)C. The first-order valence-corrected chi connectivity index (χ1v) is 11.3. The number of benzene rings is 3. The van der Waals surface area contributed by atoms with Crippen molar-refractivity contribution in [2.45, 2.75) is 45.4 Å².